The number of aliphatic carboxylic acids is 1. The van der Waals surface area contributed by atoms with Crippen molar-refractivity contribution in [3.05, 3.63) is 0 Å². The lowest BCUT2D eigenvalue weighted by atomic mass is 9.97. The van der Waals surface area contributed by atoms with E-state index in [1.807, 2.05) is 6.92 Å². The second kappa shape index (κ2) is 6.72. The molecule has 0 radical (unpaired) electrons. The summed E-state index contributed by atoms with van der Waals surface area (Å²) in [5.74, 6) is -0.698. The van der Waals surface area contributed by atoms with Crippen LogP contribution in [0.1, 0.15) is 19.8 Å². The molecule has 0 aliphatic carbocycles. The second-order valence-corrected chi connectivity index (χ2v) is 6.17. The number of carboxylic acid groups (broad SMARTS) is 1. The fraction of sp³-hybridized carbons (Fsp3) is 0.818. The topological polar surface area (TPSA) is 86.7 Å². The highest BCUT2D eigenvalue weighted by Crippen LogP contribution is 2.17. The van der Waals surface area contributed by atoms with Crippen LogP contribution in [0.2, 0.25) is 0 Å². The van der Waals surface area contributed by atoms with E-state index in [2.05, 4.69) is 5.32 Å². The van der Waals surface area contributed by atoms with Crippen LogP contribution in [0.15, 0.2) is 0 Å². The van der Waals surface area contributed by atoms with Gasteiger partial charge in [0.1, 0.15) is 0 Å². The number of carbonyl (C=O) groups is 2. The molecule has 1 aliphatic rings. The van der Waals surface area contributed by atoms with Crippen LogP contribution < -0.4 is 5.32 Å². The first-order valence-electron chi connectivity index (χ1n) is 5.98. The van der Waals surface area contributed by atoms with Crippen molar-refractivity contribution in [3.63, 3.8) is 0 Å². The number of rotatable bonds is 4. The molecule has 6 nitrogen and oxygen atoms in total. The lowest BCUT2D eigenvalue weighted by Gasteiger charge is -2.31. The van der Waals surface area contributed by atoms with Gasteiger partial charge in [-0.1, -0.05) is 0 Å². The van der Waals surface area contributed by atoms with Crippen molar-refractivity contribution >= 4 is 22.8 Å². The van der Waals surface area contributed by atoms with Crippen LogP contribution in [-0.4, -0.2) is 57.4 Å². The molecule has 1 rings (SSSR count). The van der Waals surface area contributed by atoms with Gasteiger partial charge in [-0.05, 0) is 19.8 Å². The molecule has 0 spiro atoms. The molecule has 1 fully saturated rings. The van der Waals surface area contributed by atoms with Crippen LogP contribution in [0.5, 0.6) is 0 Å². The van der Waals surface area contributed by atoms with E-state index in [0.717, 1.165) is 0 Å². The summed E-state index contributed by atoms with van der Waals surface area (Å²) in [5, 5.41) is 11.6. The van der Waals surface area contributed by atoms with Crippen LogP contribution in [0.3, 0.4) is 0 Å². The number of piperidine rings is 1. The Morgan fingerprint density at radius 2 is 2.00 bits per heavy atom. The number of nitrogens with one attached hydrogen (secondary N) is 1. The third-order valence-electron chi connectivity index (χ3n) is 2.99. The molecule has 2 N–H and O–H groups in total. The van der Waals surface area contributed by atoms with Crippen molar-refractivity contribution < 1.29 is 18.9 Å². The van der Waals surface area contributed by atoms with Gasteiger partial charge in [-0.3, -0.25) is 9.00 Å². The number of nitrogens with zero attached hydrogens (tertiary/aromatic N) is 1. The van der Waals surface area contributed by atoms with E-state index in [4.69, 9.17) is 5.11 Å². The van der Waals surface area contributed by atoms with Gasteiger partial charge in [0.05, 0.1) is 5.92 Å². The smallest absolute Gasteiger partial charge is 0.317 e. The summed E-state index contributed by atoms with van der Waals surface area (Å²) in [5.41, 5.74) is 0. The highest BCUT2D eigenvalue weighted by molar-refractivity contribution is 7.84. The van der Waals surface area contributed by atoms with Gasteiger partial charge < -0.3 is 15.3 Å². The summed E-state index contributed by atoms with van der Waals surface area (Å²) < 4.78 is 11.0. The summed E-state index contributed by atoms with van der Waals surface area (Å²) in [6.07, 6.45) is 2.59. The van der Waals surface area contributed by atoms with E-state index < -0.39 is 16.8 Å². The molecule has 1 aliphatic heterocycles. The maximum atomic E-state index is 11.8. The van der Waals surface area contributed by atoms with E-state index in [9.17, 15) is 13.8 Å². The van der Waals surface area contributed by atoms with Gasteiger partial charge in [0.25, 0.3) is 0 Å². The van der Waals surface area contributed by atoms with Crippen molar-refractivity contribution in [1.29, 1.82) is 0 Å². The molecule has 0 bridgehead atoms. The van der Waals surface area contributed by atoms with Gasteiger partial charge in [-0.2, -0.15) is 0 Å². The first kappa shape index (κ1) is 14.9. The molecule has 0 aromatic carbocycles. The predicted octanol–water partition coefficient (Wildman–Crippen LogP) is 0.260. The lowest BCUT2D eigenvalue weighted by molar-refractivity contribution is -0.143. The Morgan fingerprint density at radius 1 is 1.44 bits per heavy atom. The molecule has 2 atom stereocenters. The summed E-state index contributed by atoms with van der Waals surface area (Å²) in [4.78, 5) is 24.2. The fourth-order valence-electron chi connectivity index (χ4n) is 2.03. The van der Waals surface area contributed by atoms with Crippen molar-refractivity contribution in [1.82, 2.24) is 10.2 Å². The molecule has 0 saturated carbocycles. The Bertz CT molecular complexity index is 340. The van der Waals surface area contributed by atoms with Crippen LogP contribution in [-0.2, 0) is 15.6 Å². The monoisotopic (exact) mass is 276 g/mol. The first-order chi connectivity index (χ1) is 8.40. The number of likely N-dealkylation sites (tertiary alicyclic amines) is 1. The van der Waals surface area contributed by atoms with E-state index in [0.29, 0.717) is 31.7 Å². The summed E-state index contributed by atoms with van der Waals surface area (Å²) in [7, 11) is -0.940. The Labute approximate surface area is 109 Å². The van der Waals surface area contributed by atoms with Gasteiger partial charge >= 0.3 is 12.0 Å². The average Bonchev–Trinajstić information content (AvgIpc) is 2.27. The first-order valence-corrected chi connectivity index (χ1v) is 7.71. The maximum absolute atomic E-state index is 11.8. The number of carbonyl (C=O) groups excluding carboxylic acids is 1. The van der Waals surface area contributed by atoms with E-state index in [1.165, 1.54) is 0 Å². The molecule has 2 unspecified atom stereocenters. The fourth-order valence-corrected chi connectivity index (χ4v) is 2.81. The van der Waals surface area contributed by atoms with Crippen molar-refractivity contribution in [2.45, 2.75) is 25.8 Å². The van der Waals surface area contributed by atoms with Crippen molar-refractivity contribution in [2.75, 3.05) is 25.1 Å². The van der Waals surface area contributed by atoms with Crippen molar-refractivity contribution in [2.24, 2.45) is 5.92 Å². The molecule has 104 valence electrons. The van der Waals surface area contributed by atoms with Gasteiger partial charge in [0.15, 0.2) is 0 Å². The zero-order valence-electron chi connectivity index (χ0n) is 10.7. The Balaban J connectivity index is 2.36. The largest absolute Gasteiger partial charge is 0.481 e. The highest BCUT2D eigenvalue weighted by atomic mass is 32.2. The minimum absolute atomic E-state index is 0.138. The molecular weight excluding hydrogens is 256 g/mol. The maximum Gasteiger partial charge on any atom is 0.317 e. The molecule has 2 amide bonds. The number of urea groups is 1. The highest BCUT2D eigenvalue weighted by Gasteiger charge is 2.27. The predicted molar refractivity (Wildman–Crippen MR) is 68.9 cm³/mol. The number of hydrogen-bond donors (Lipinski definition) is 2. The molecule has 7 heteroatoms. The quantitative estimate of drug-likeness (QED) is 0.771. The van der Waals surface area contributed by atoms with E-state index >= 15 is 0 Å². The number of amides is 2. The van der Waals surface area contributed by atoms with Gasteiger partial charge in [0.2, 0.25) is 0 Å². The molecule has 1 heterocycles. The lowest BCUT2D eigenvalue weighted by Crippen LogP contribution is -2.48. The summed E-state index contributed by atoms with van der Waals surface area (Å²) in [6, 6.07) is -0.336. The summed E-state index contributed by atoms with van der Waals surface area (Å²) in [6.45, 7) is 2.73. The molecule has 0 aromatic rings. The minimum Gasteiger partial charge on any atom is -0.481 e. The zero-order chi connectivity index (χ0) is 13.7. The summed E-state index contributed by atoms with van der Waals surface area (Å²) >= 11 is 0. The standard InChI is InChI=1S/C11H20N2O4S/c1-8(7-18(2)17)12-11(16)13-5-3-9(4-6-13)10(14)15/h8-9H,3-7H2,1-2H3,(H,12,16)(H,14,15). The third-order valence-corrected chi connectivity index (χ3v) is 3.96. The van der Waals surface area contributed by atoms with E-state index in [1.54, 1.807) is 11.2 Å². The minimum atomic E-state index is -0.940. The SMILES string of the molecule is CC(CS(C)=O)NC(=O)N1CCC(C(=O)O)CC1. The number of carboxylic acids is 1. The Morgan fingerprint density at radius 3 is 2.44 bits per heavy atom. The molecule has 1 saturated heterocycles. The van der Waals surface area contributed by atoms with Crippen LogP contribution >= 0.6 is 0 Å². The van der Waals surface area contributed by atoms with Crippen molar-refractivity contribution in [3.8, 4) is 0 Å². The van der Waals surface area contributed by atoms with Gasteiger partial charge in [-0.25, -0.2) is 4.79 Å². The normalized spacial score (nSPS) is 20.2. The van der Waals surface area contributed by atoms with Gasteiger partial charge in [0, 0.05) is 41.9 Å². The molecular formula is C11H20N2O4S. The average molecular weight is 276 g/mol. The van der Waals surface area contributed by atoms with Gasteiger partial charge in [-0.15, -0.1) is 0 Å². The molecule has 0 aromatic heterocycles. The van der Waals surface area contributed by atoms with Crippen LogP contribution in [0, 0.1) is 5.92 Å². The van der Waals surface area contributed by atoms with E-state index in [-0.39, 0.29) is 18.0 Å². The Hall–Kier alpha value is -1.11. The number of hydrogen-bond acceptors (Lipinski definition) is 3. The zero-order valence-corrected chi connectivity index (χ0v) is 11.5. The second-order valence-electron chi connectivity index (χ2n) is 4.69. The van der Waals surface area contributed by atoms with Crippen LogP contribution in [0.4, 0.5) is 4.79 Å². The Kier molecular flexibility index (Phi) is 5.58. The van der Waals surface area contributed by atoms with Crippen LogP contribution in [0.25, 0.3) is 0 Å². The molecule has 18 heavy (non-hydrogen) atoms. The third kappa shape index (κ3) is 4.64.